The number of halogens is 6. The van der Waals surface area contributed by atoms with Crippen molar-refractivity contribution in [3.05, 3.63) is 145 Å². The Hall–Kier alpha value is -2.48. The van der Waals surface area contributed by atoms with Crippen LogP contribution >= 0.6 is 78.6 Å². The zero-order chi connectivity index (χ0) is 35.1. The molecule has 1 aliphatic rings. The van der Waals surface area contributed by atoms with Gasteiger partial charge in [0.05, 0.1) is 15.1 Å². The molecular formula is C34H25BBr2Cl2F2O4S2. The highest BCUT2D eigenvalue weighted by atomic mass is 79.9. The van der Waals surface area contributed by atoms with E-state index in [1.165, 1.54) is 18.2 Å². The lowest BCUT2D eigenvalue weighted by molar-refractivity contribution is 0.111. The van der Waals surface area contributed by atoms with Crippen LogP contribution in [0.4, 0.5) is 8.78 Å². The molecule has 242 valence electrons. The molecule has 0 spiro atoms. The quantitative estimate of drug-likeness (QED) is 0.136. The van der Waals surface area contributed by atoms with Crippen LogP contribution in [0.3, 0.4) is 0 Å². The monoisotopic (exact) mass is 839 g/mol. The van der Waals surface area contributed by atoms with Crippen molar-refractivity contribution < 1.29 is 29.4 Å². The molecule has 1 N–H and O–H groups in total. The molecule has 13 heteroatoms. The maximum Gasteiger partial charge on any atom is 0.491 e. The maximum atomic E-state index is 12.3. The van der Waals surface area contributed by atoms with Crippen molar-refractivity contribution in [2.45, 2.75) is 26.2 Å². The van der Waals surface area contributed by atoms with Crippen molar-refractivity contribution in [3.8, 4) is 0 Å². The van der Waals surface area contributed by atoms with Gasteiger partial charge in [0.15, 0.2) is 12.6 Å². The summed E-state index contributed by atoms with van der Waals surface area (Å²) in [7, 11) is -1.79. The summed E-state index contributed by atoms with van der Waals surface area (Å²) >= 11 is 21.5. The van der Waals surface area contributed by atoms with Crippen LogP contribution in [0.25, 0.3) is 0 Å². The number of fused-ring (bicyclic) bond motifs is 1. The highest BCUT2D eigenvalue weighted by Gasteiger charge is 2.27. The van der Waals surface area contributed by atoms with Gasteiger partial charge < -0.3 is 9.68 Å². The number of carbonyl (C=O) groups is 2. The zero-order valence-electron chi connectivity index (χ0n) is 25.2. The van der Waals surface area contributed by atoms with Crippen molar-refractivity contribution in [1.29, 1.82) is 0 Å². The van der Waals surface area contributed by atoms with Crippen molar-refractivity contribution >= 4 is 104 Å². The Kier molecular flexibility index (Phi) is 16.0. The van der Waals surface area contributed by atoms with E-state index in [-0.39, 0.29) is 5.82 Å². The van der Waals surface area contributed by atoms with Gasteiger partial charge in [-0.15, -0.1) is 0 Å². The molecule has 6 rings (SSSR count). The molecule has 47 heavy (non-hydrogen) atoms. The molecule has 0 amide bonds. The van der Waals surface area contributed by atoms with E-state index in [9.17, 15) is 23.4 Å². The molecule has 5 aromatic carbocycles. The second-order valence-electron chi connectivity index (χ2n) is 9.23. The van der Waals surface area contributed by atoms with Crippen LogP contribution < -0.4 is 5.46 Å². The molecule has 0 aromatic heterocycles. The summed E-state index contributed by atoms with van der Waals surface area (Å²) < 4.78 is 34.3. The Labute approximate surface area is 309 Å². The van der Waals surface area contributed by atoms with Crippen LogP contribution in [0.5, 0.6) is 0 Å². The SMILES string of the molecule is O=Cc1ccc(F)cc1Br.O=Cc1ccc(Sc2cccc(Cl)c2)cc1Br.OB1OCc2ccc(Sc3cccc(Cl)c3)cc21.[2H]CF. The third kappa shape index (κ3) is 12.5. The zero-order valence-corrected chi connectivity index (χ0v) is 30.5. The number of aldehydes is 2. The van der Waals surface area contributed by atoms with E-state index < -0.39 is 14.3 Å². The lowest BCUT2D eigenvalue weighted by Gasteiger charge is -2.05. The molecule has 0 atom stereocenters. The molecule has 0 unspecified atom stereocenters. The third-order valence-electron chi connectivity index (χ3n) is 6.03. The van der Waals surface area contributed by atoms with Gasteiger partial charge in [0.2, 0.25) is 0 Å². The van der Waals surface area contributed by atoms with Crippen LogP contribution in [-0.2, 0) is 11.3 Å². The lowest BCUT2D eigenvalue weighted by atomic mass is 9.80. The van der Waals surface area contributed by atoms with Crippen LogP contribution in [0, 0.1) is 5.82 Å². The van der Waals surface area contributed by atoms with E-state index in [2.05, 4.69) is 31.9 Å². The highest BCUT2D eigenvalue weighted by molar-refractivity contribution is 9.10. The third-order valence-corrected chi connectivity index (χ3v) is 9.83. The number of hydrogen-bond acceptors (Lipinski definition) is 6. The normalized spacial score (nSPS) is 11.4. The van der Waals surface area contributed by atoms with Crippen LogP contribution in [0.1, 0.15) is 27.7 Å². The van der Waals surface area contributed by atoms with Gasteiger partial charge in [0.25, 0.3) is 0 Å². The van der Waals surface area contributed by atoms with E-state index in [1.807, 2.05) is 78.9 Å². The predicted molar refractivity (Wildman–Crippen MR) is 196 cm³/mol. The van der Waals surface area contributed by atoms with E-state index in [4.69, 9.17) is 29.2 Å². The average Bonchev–Trinajstić information content (AvgIpc) is 3.42. The first-order valence-electron chi connectivity index (χ1n) is 14.1. The van der Waals surface area contributed by atoms with Gasteiger partial charge in [-0.1, -0.05) is 80.9 Å². The molecule has 5 aromatic rings. The molecule has 0 bridgehead atoms. The van der Waals surface area contributed by atoms with Crippen molar-refractivity contribution in [2.75, 3.05) is 7.15 Å². The van der Waals surface area contributed by atoms with Crippen molar-refractivity contribution in [2.24, 2.45) is 0 Å². The fraction of sp³-hybridized carbons (Fsp3) is 0.0588. The molecule has 0 saturated heterocycles. The summed E-state index contributed by atoms with van der Waals surface area (Å²) in [6.45, 7) is 0.485. The van der Waals surface area contributed by atoms with Crippen molar-refractivity contribution in [3.63, 3.8) is 0 Å². The summed E-state index contributed by atoms with van der Waals surface area (Å²) in [4.78, 5) is 25.2. The first-order valence-corrected chi connectivity index (χ1v) is 17.3. The fourth-order valence-corrected chi connectivity index (χ4v) is 7.28. The second kappa shape index (κ2) is 20.1. The summed E-state index contributed by atoms with van der Waals surface area (Å²) in [5.74, 6) is -0.350. The summed E-state index contributed by atoms with van der Waals surface area (Å²) in [5.41, 5.74) is 3.03. The van der Waals surface area contributed by atoms with Gasteiger partial charge in [-0.05, 0) is 112 Å². The fourth-order valence-electron chi connectivity index (χ4n) is 3.85. The van der Waals surface area contributed by atoms with Gasteiger partial charge >= 0.3 is 7.12 Å². The van der Waals surface area contributed by atoms with E-state index in [0.29, 0.717) is 28.5 Å². The minimum atomic E-state index is -1.00. The van der Waals surface area contributed by atoms with Crippen molar-refractivity contribution in [1.82, 2.24) is 0 Å². The number of rotatable bonds is 6. The van der Waals surface area contributed by atoms with Crippen LogP contribution in [0.2, 0.25) is 10.0 Å². The minimum absolute atomic E-state index is 0.350. The molecule has 1 heterocycles. The second-order valence-corrected chi connectivity index (χ2v) is 14.1. The Morgan fingerprint density at radius 2 is 1.28 bits per heavy atom. The van der Waals surface area contributed by atoms with Gasteiger partial charge in [-0.25, -0.2) is 4.39 Å². The Morgan fingerprint density at radius 3 is 1.79 bits per heavy atom. The average molecular weight is 842 g/mol. The molecule has 0 aliphatic carbocycles. The molecule has 1 aliphatic heterocycles. The van der Waals surface area contributed by atoms with Gasteiger partial charge in [-0.2, -0.15) is 0 Å². The maximum absolute atomic E-state index is 12.3. The Bertz CT molecular complexity index is 1840. The molecule has 0 radical (unpaired) electrons. The summed E-state index contributed by atoms with van der Waals surface area (Å²) in [6.07, 6.45) is 1.50. The summed E-state index contributed by atoms with van der Waals surface area (Å²) in [5, 5.41) is 11.1. The predicted octanol–water partition coefficient (Wildman–Crippen LogP) is 10.8. The number of carbonyl (C=O) groups excluding carboxylic acids is 2. The van der Waals surface area contributed by atoms with E-state index in [1.54, 1.807) is 29.6 Å². The van der Waals surface area contributed by atoms with Gasteiger partial charge in [0.1, 0.15) is 5.82 Å². The van der Waals surface area contributed by atoms with E-state index >= 15 is 0 Å². The van der Waals surface area contributed by atoms with Crippen LogP contribution in [-0.4, -0.2) is 31.9 Å². The number of hydrogen-bond donors (Lipinski definition) is 1. The topological polar surface area (TPSA) is 63.6 Å². The Balaban J connectivity index is 0.000000194. The molecule has 0 fully saturated rings. The number of benzene rings is 5. The lowest BCUT2D eigenvalue weighted by Crippen LogP contribution is -2.27. The largest absolute Gasteiger partial charge is 0.491 e. The van der Waals surface area contributed by atoms with Crippen LogP contribution in [0.15, 0.2) is 132 Å². The smallest absolute Gasteiger partial charge is 0.423 e. The Morgan fingerprint density at radius 1 is 0.787 bits per heavy atom. The molecule has 4 nitrogen and oxygen atoms in total. The first-order chi connectivity index (χ1) is 23.1. The van der Waals surface area contributed by atoms with E-state index in [0.717, 1.165) is 51.4 Å². The molecular weight excluding hydrogens is 816 g/mol. The van der Waals surface area contributed by atoms with Gasteiger partial charge in [0, 0.05) is 49.7 Å². The van der Waals surface area contributed by atoms with Gasteiger partial charge in [-0.3, -0.25) is 14.0 Å². The standard InChI is InChI=1S/C13H10BClO2S.C13H8BrClOS.C7H4BrFO.CH3F/c15-10-2-1-3-11(6-10)18-12-5-4-9-8-17-14(16)13(9)7-12;14-13-7-12(5-4-9(13)8-16)17-11-3-1-2-10(15)6-11;8-7-3-6(9)2-1-5(7)4-10;1-2/h1-7,16H,8H2;1-8H;1-4H;1H3/i;;;1D. The molecule has 0 saturated carbocycles. The highest BCUT2D eigenvalue weighted by Crippen LogP contribution is 2.32. The summed E-state index contributed by atoms with van der Waals surface area (Å²) in [6, 6.07) is 30.9. The number of alkyl halides is 1. The first kappa shape index (κ1) is 37.3. The minimum Gasteiger partial charge on any atom is -0.423 e.